The molecule has 0 aliphatic heterocycles. The predicted octanol–water partition coefficient (Wildman–Crippen LogP) is 2.15. The minimum atomic E-state index is 0.610. The molecule has 2 heterocycles. The fraction of sp³-hybridized carbons (Fsp3) is 0.364. The molecule has 2 rings (SSSR count). The normalized spacial score (nSPS) is 10.4. The quantitative estimate of drug-likeness (QED) is 0.629. The number of aromatic nitrogens is 4. The van der Waals surface area contributed by atoms with Gasteiger partial charge in [-0.15, -0.1) is 0 Å². The minimum Gasteiger partial charge on any atom is -0.371 e. The fourth-order valence-electron chi connectivity index (χ4n) is 1.58. The number of aryl methyl sites for hydroxylation is 2. The molecular formula is C11H15N5S. The SMILES string of the molecule is Cc1nc(=S)cc(NCCCn2ccnc2)[nH]1. The van der Waals surface area contributed by atoms with Gasteiger partial charge in [0.2, 0.25) is 0 Å². The van der Waals surface area contributed by atoms with Crippen LogP contribution >= 0.6 is 12.2 Å². The van der Waals surface area contributed by atoms with Crippen LogP contribution in [-0.4, -0.2) is 26.1 Å². The molecule has 0 bridgehead atoms. The van der Waals surface area contributed by atoms with E-state index in [1.165, 1.54) is 0 Å². The summed E-state index contributed by atoms with van der Waals surface area (Å²) < 4.78 is 2.67. The Balaban J connectivity index is 1.80. The average molecular weight is 249 g/mol. The standard InChI is InChI=1S/C11H15N5S/c1-9-14-10(7-11(17)15-9)13-3-2-5-16-6-4-12-8-16/h4,6-8H,2-3,5H2,1H3,(H2,13,14,15,17). The van der Waals surface area contributed by atoms with Crippen molar-refractivity contribution in [1.82, 2.24) is 19.5 Å². The van der Waals surface area contributed by atoms with Gasteiger partial charge < -0.3 is 14.9 Å². The molecule has 0 atom stereocenters. The molecule has 2 aromatic rings. The first-order chi connectivity index (χ1) is 8.24. The van der Waals surface area contributed by atoms with Gasteiger partial charge in [-0.1, -0.05) is 12.2 Å². The van der Waals surface area contributed by atoms with Crippen molar-refractivity contribution in [3.63, 3.8) is 0 Å². The number of H-pyrrole nitrogens is 1. The third-order valence-electron chi connectivity index (χ3n) is 2.33. The Hall–Kier alpha value is -1.69. The fourth-order valence-corrected chi connectivity index (χ4v) is 1.83. The molecule has 0 aliphatic rings. The lowest BCUT2D eigenvalue weighted by atomic mass is 10.4. The van der Waals surface area contributed by atoms with Crippen molar-refractivity contribution in [2.45, 2.75) is 19.9 Å². The molecule has 0 spiro atoms. The van der Waals surface area contributed by atoms with E-state index in [4.69, 9.17) is 12.2 Å². The second-order valence-corrected chi connectivity index (χ2v) is 4.22. The van der Waals surface area contributed by atoms with E-state index in [0.29, 0.717) is 4.64 Å². The van der Waals surface area contributed by atoms with Crippen LogP contribution in [0.25, 0.3) is 0 Å². The zero-order valence-corrected chi connectivity index (χ0v) is 10.5. The van der Waals surface area contributed by atoms with Crippen LogP contribution in [0.3, 0.4) is 0 Å². The predicted molar refractivity (Wildman–Crippen MR) is 69.5 cm³/mol. The molecule has 0 saturated heterocycles. The van der Waals surface area contributed by atoms with E-state index in [0.717, 1.165) is 31.2 Å². The first kappa shape index (κ1) is 11.8. The van der Waals surface area contributed by atoms with E-state index in [1.54, 1.807) is 6.20 Å². The Bertz CT molecular complexity index is 517. The van der Waals surface area contributed by atoms with Crippen LogP contribution in [0.5, 0.6) is 0 Å². The number of imidazole rings is 1. The summed E-state index contributed by atoms with van der Waals surface area (Å²) in [6, 6.07) is 1.83. The van der Waals surface area contributed by atoms with E-state index in [2.05, 4.69) is 24.8 Å². The smallest absolute Gasteiger partial charge is 0.131 e. The van der Waals surface area contributed by atoms with Crippen LogP contribution < -0.4 is 5.32 Å². The average Bonchev–Trinajstić information content (AvgIpc) is 2.76. The first-order valence-corrected chi connectivity index (χ1v) is 5.92. The highest BCUT2D eigenvalue weighted by Gasteiger charge is 1.95. The second kappa shape index (κ2) is 5.58. The van der Waals surface area contributed by atoms with Crippen LogP contribution in [0.1, 0.15) is 12.2 Å². The number of nitrogens with one attached hydrogen (secondary N) is 2. The van der Waals surface area contributed by atoms with Crippen LogP contribution in [0.4, 0.5) is 5.82 Å². The number of nitrogens with zero attached hydrogens (tertiary/aromatic N) is 3. The summed E-state index contributed by atoms with van der Waals surface area (Å²) in [5.74, 6) is 1.75. The second-order valence-electron chi connectivity index (χ2n) is 3.80. The van der Waals surface area contributed by atoms with Crippen LogP contribution in [-0.2, 0) is 6.54 Å². The van der Waals surface area contributed by atoms with Gasteiger partial charge >= 0.3 is 0 Å². The van der Waals surface area contributed by atoms with E-state index >= 15 is 0 Å². The number of hydrogen-bond donors (Lipinski definition) is 2. The molecule has 0 saturated carbocycles. The third kappa shape index (κ3) is 3.67. The summed E-state index contributed by atoms with van der Waals surface area (Å²) in [5.41, 5.74) is 0. The van der Waals surface area contributed by atoms with Crippen molar-refractivity contribution in [2.75, 3.05) is 11.9 Å². The third-order valence-corrected chi connectivity index (χ3v) is 2.54. The Morgan fingerprint density at radius 1 is 1.53 bits per heavy atom. The van der Waals surface area contributed by atoms with Crippen molar-refractivity contribution in [3.8, 4) is 0 Å². The van der Waals surface area contributed by atoms with E-state index in [-0.39, 0.29) is 0 Å². The van der Waals surface area contributed by atoms with Crippen LogP contribution in [0, 0.1) is 11.6 Å². The molecule has 2 aromatic heterocycles. The highest BCUT2D eigenvalue weighted by molar-refractivity contribution is 7.71. The highest BCUT2D eigenvalue weighted by Crippen LogP contribution is 2.03. The lowest BCUT2D eigenvalue weighted by Crippen LogP contribution is -2.07. The van der Waals surface area contributed by atoms with E-state index in [9.17, 15) is 0 Å². The maximum absolute atomic E-state index is 5.05. The van der Waals surface area contributed by atoms with Gasteiger partial charge in [-0.05, 0) is 13.3 Å². The maximum Gasteiger partial charge on any atom is 0.131 e. The van der Waals surface area contributed by atoms with Crippen molar-refractivity contribution >= 4 is 18.0 Å². The summed E-state index contributed by atoms with van der Waals surface area (Å²) in [5, 5.41) is 3.29. The van der Waals surface area contributed by atoms with Gasteiger partial charge in [-0.3, -0.25) is 0 Å². The van der Waals surface area contributed by atoms with Gasteiger partial charge in [0.1, 0.15) is 16.3 Å². The van der Waals surface area contributed by atoms with Crippen molar-refractivity contribution in [1.29, 1.82) is 0 Å². The molecule has 0 radical (unpaired) electrons. The molecule has 2 N–H and O–H groups in total. The molecule has 17 heavy (non-hydrogen) atoms. The summed E-state index contributed by atoms with van der Waals surface area (Å²) in [6.07, 6.45) is 6.60. The molecule has 90 valence electrons. The molecule has 0 amide bonds. The summed E-state index contributed by atoms with van der Waals surface area (Å²) >= 11 is 5.05. The monoisotopic (exact) mass is 249 g/mol. The van der Waals surface area contributed by atoms with Gasteiger partial charge in [0.15, 0.2) is 0 Å². The summed E-state index contributed by atoms with van der Waals surface area (Å²) in [4.78, 5) is 11.2. The summed E-state index contributed by atoms with van der Waals surface area (Å²) in [6.45, 7) is 3.73. The molecule has 0 aliphatic carbocycles. The lowest BCUT2D eigenvalue weighted by molar-refractivity contribution is 0.660. The Morgan fingerprint density at radius 3 is 3.12 bits per heavy atom. The van der Waals surface area contributed by atoms with E-state index in [1.807, 2.05) is 25.5 Å². The number of aromatic amines is 1. The van der Waals surface area contributed by atoms with Gasteiger partial charge in [-0.2, -0.15) is 0 Å². The molecular weight excluding hydrogens is 234 g/mol. The molecule has 6 heteroatoms. The Labute approximate surface area is 105 Å². The Morgan fingerprint density at radius 2 is 2.41 bits per heavy atom. The Kier molecular flexibility index (Phi) is 3.87. The number of anilines is 1. The van der Waals surface area contributed by atoms with Gasteiger partial charge in [0.25, 0.3) is 0 Å². The first-order valence-electron chi connectivity index (χ1n) is 5.51. The molecule has 0 fully saturated rings. The van der Waals surface area contributed by atoms with E-state index < -0.39 is 0 Å². The highest BCUT2D eigenvalue weighted by atomic mass is 32.1. The van der Waals surface area contributed by atoms with Crippen LogP contribution in [0.2, 0.25) is 0 Å². The van der Waals surface area contributed by atoms with Gasteiger partial charge in [0.05, 0.1) is 6.33 Å². The van der Waals surface area contributed by atoms with Gasteiger partial charge in [-0.25, -0.2) is 9.97 Å². The van der Waals surface area contributed by atoms with Gasteiger partial charge in [0, 0.05) is 31.5 Å². The molecule has 0 aromatic carbocycles. The maximum atomic E-state index is 5.05. The minimum absolute atomic E-state index is 0.610. The topological polar surface area (TPSA) is 58.5 Å². The molecule has 5 nitrogen and oxygen atoms in total. The lowest BCUT2D eigenvalue weighted by Gasteiger charge is -2.07. The summed E-state index contributed by atoms with van der Waals surface area (Å²) in [7, 11) is 0. The van der Waals surface area contributed by atoms with Crippen molar-refractivity contribution < 1.29 is 0 Å². The zero-order valence-electron chi connectivity index (χ0n) is 9.68. The molecule has 0 unspecified atom stereocenters. The number of hydrogen-bond acceptors (Lipinski definition) is 4. The number of rotatable bonds is 5. The zero-order chi connectivity index (χ0) is 12.1. The largest absolute Gasteiger partial charge is 0.371 e. The van der Waals surface area contributed by atoms with Crippen molar-refractivity contribution in [2.24, 2.45) is 0 Å². The van der Waals surface area contributed by atoms with Crippen molar-refractivity contribution in [3.05, 3.63) is 35.3 Å². The van der Waals surface area contributed by atoms with Crippen LogP contribution in [0.15, 0.2) is 24.8 Å².